The fourth-order valence-electron chi connectivity index (χ4n) is 3.74. The predicted molar refractivity (Wildman–Crippen MR) is 106 cm³/mol. The third kappa shape index (κ3) is 16.6. The van der Waals surface area contributed by atoms with Gasteiger partial charge in [0.05, 0.1) is 0 Å². The van der Waals surface area contributed by atoms with Crippen molar-refractivity contribution in [3.8, 4) is 0 Å². The van der Waals surface area contributed by atoms with Gasteiger partial charge in [0.25, 0.3) is 0 Å². The summed E-state index contributed by atoms with van der Waals surface area (Å²) in [6.45, 7) is 2.30. The van der Waals surface area contributed by atoms with E-state index in [4.69, 9.17) is 0 Å². The topological polar surface area (TPSA) is 0 Å². The highest BCUT2D eigenvalue weighted by atomic mass is 14.3. The Hall–Kier alpha value is 0. The van der Waals surface area contributed by atoms with Gasteiger partial charge >= 0.3 is 0 Å². The zero-order chi connectivity index (χ0) is 16.4. The van der Waals surface area contributed by atoms with Crippen molar-refractivity contribution in [2.75, 3.05) is 0 Å². The summed E-state index contributed by atoms with van der Waals surface area (Å²) in [5.41, 5.74) is 0. The van der Waals surface area contributed by atoms with Crippen LogP contribution >= 0.6 is 0 Å². The van der Waals surface area contributed by atoms with Crippen molar-refractivity contribution in [3.05, 3.63) is 0 Å². The van der Waals surface area contributed by atoms with E-state index >= 15 is 0 Å². The molecule has 0 heterocycles. The van der Waals surface area contributed by atoms with E-state index in [1.54, 1.807) is 19.3 Å². The first-order valence-electron chi connectivity index (χ1n) is 11.4. The van der Waals surface area contributed by atoms with Crippen molar-refractivity contribution in [1.82, 2.24) is 0 Å². The highest BCUT2D eigenvalue weighted by molar-refractivity contribution is 4.72. The maximum Gasteiger partial charge on any atom is -0.0414 e. The molecule has 0 aliphatic heterocycles. The molecule has 0 unspecified atom stereocenters. The lowest BCUT2D eigenvalue weighted by Gasteiger charge is -2.03. The molecule has 0 saturated heterocycles. The van der Waals surface area contributed by atoms with Gasteiger partial charge < -0.3 is 0 Å². The van der Waals surface area contributed by atoms with Gasteiger partial charge in [0.1, 0.15) is 0 Å². The Labute approximate surface area is 148 Å². The molecule has 0 aromatic carbocycles. The second-order valence-electron chi connectivity index (χ2n) is 8.24. The highest BCUT2D eigenvalue weighted by Gasteiger charge is 2.19. The summed E-state index contributed by atoms with van der Waals surface area (Å²) >= 11 is 0. The van der Waals surface area contributed by atoms with Crippen LogP contribution in [0.15, 0.2) is 0 Å². The van der Waals surface area contributed by atoms with Crippen LogP contribution in [0.2, 0.25) is 0 Å². The number of hydrogen-bond donors (Lipinski definition) is 0. The molecule has 0 aromatic rings. The molecule has 0 amide bonds. The SMILES string of the molecule is CCCCCCCCCCCCCCCCCCCCC1CC1. The summed E-state index contributed by atoms with van der Waals surface area (Å²) in [6.07, 6.45) is 31.4. The normalized spacial score (nSPS) is 14.5. The largest absolute Gasteiger partial charge is 0.0654 e. The zero-order valence-electron chi connectivity index (χ0n) is 16.4. The summed E-state index contributed by atoms with van der Waals surface area (Å²) in [5.74, 6) is 1.15. The summed E-state index contributed by atoms with van der Waals surface area (Å²) in [7, 11) is 0. The third-order valence-electron chi connectivity index (χ3n) is 5.66. The summed E-state index contributed by atoms with van der Waals surface area (Å²) in [6, 6.07) is 0. The van der Waals surface area contributed by atoms with Crippen LogP contribution in [-0.2, 0) is 0 Å². The van der Waals surface area contributed by atoms with Gasteiger partial charge in [-0.05, 0) is 5.92 Å². The van der Waals surface area contributed by atoms with Crippen molar-refractivity contribution in [2.24, 2.45) is 5.92 Å². The summed E-state index contributed by atoms with van der Waals surface area (Å²) < 4.78 is 0. The zero-order valence-corrected chi connectivity index (χ0v) is 16.4. The first-order chi connectivity index (χ1) is 11.4. The smallest absolute Gasteiger partial charge is 0.0414 e. The van der Waals surface area contributed by atoms with E-state index in [1.165, 1.54) is 116 Å². The molecule has 0 N–H and O–H groups in total. The van der Waals surface area contributed by atoms with Crippen molar-refractivity contribution in [2.45, 2.75) is 142 Å². The average Bonchev–Trinajstić information content (AvgIpc) is 3.38. The van der Waals surface area contributed by atoms with Crippen LogP contribution in [-0.4, -0.2) is 0 Å². The Kier molecular flexibility index (Phi) is 15.4. The van der Waals surface area contributed by atoms with Crippen LogP contribution < -0.4 is 0 Å². The lowest BCUT2D eigenvalue weighted by atomic mass is 10.0. The Balaban J connectivity index is 1.59. The van der Waals surface area contributed by atoms with E-state index in [0.717, 1.165) is 5.92 Å². The molecule has 138 valence electrons. The number of hydrogen-bond acceptors (Lipinski definition) is 0. The van der Waals surface area contributed by atoms with Gasteiger partial charge in [-0.3, -0.25) is 0 Å². The first kappa shape index (κ1) is 21.0. The molecule has 0 aromatic heterocycles. The molecule has 1 fully saturated rings. The standard InChI is InChI=1S/C23H46/c1-2-3-4-5-6-7-8-9-10-11-12-13-14-15-16-17-18-19-20-23-21-22-23/h23H,2-22H2,1H3. The highest BCUT2D eigenvalue weighted by Crippen LogP contribution is 2.34. The minimum absolute atomic E-state index is 1.15. The van der Waals surface area contributed by atoms with Gasteiger partial charge in [0.15, 0.2) is 0 Å². The molecule has 0 radical (unpaired) electrons. The fourth-order valence-corrected chi connectivity index (χ4v) is 3.74. The van der Waals surface area contributed by atoms with Gasteiger partial charge in [0, 0.05) is 0 Å². The van der Waals surface area contributed by atoms with Crippen LogP contribution in [0.4, 0.5) is 0 Å². The second kappa shape index (κ2) is 16.8. The molecular formula is C23H46. The van der Waals surface area contributed by atoms with Gasteiger partial charge in [-0.15, -0.1) is 0 Å². The van der Waals surface area contributed by atoms with Crippen LogP contribution in [0.1, 0.15) is 142 Å². The molecule has 0 heteroatoms. The van der Waals surface area contributed by atoms with E-state index in [2.05, 4.69) is 6.92 Å². The Morgan fingerprint density at radius 1 is 0.435 bits per heavy atom. The molecule has 1 saturated carbocycles. The lowest BCUT2D eigenvalue weighted by molar-refractivity contribution is 0.520. The molecule has 1 rings (SSSR count). The molecule has 0 bridgehead atoms. The minimum Gasteiger partial charge on any atom is -0.0654 e. The third-order valence-corrected chi connectivity index (χ3v) is 5.66. The van der Waals surface area contributed by atoms with Crippen LogP contribution in [0, 0.1) is 5.92 Å². The van der Waals surface area contributed by atoms with E-state index < -0.39 is 0 Å². The van der Waals surface area contributed by atoms with Crippen molar-refractivity contribution < 1.29 is 0 Å². The Morgan fingerprint density at radius 3 is 1.04 bits per heavy atom. The molecule has 0 spiro atoms. The Morgan fingerprint density at radius 2 is 0.739 bits per heavy atom. The van der Waals surface area contributed by atoms with Gasteiger partial charge in [-0.2, -0.15) is 0 Å². The van der Waals surface area contributed by atoms with E-state index in [1.807, 2.05) is 0 Å². The molecule has 0 atom stereocenters. The van der Waals surface area contributed by atoms with Gasteiger partial charge in [-0.1, -0.05) is 142 Å². The second-order valence-corrected chi connectivity index (χ2v) is 8.24. The molecular weight excluding hydrogens is 276 g/mol. The molecule has 1 aliphatic rings. The molecule has 0 nitrogen and oxygen atoms in total. The fraction of sp³-hybridized carbons (Fsp3) is 1.00. The monoisotopic (exact) mass is 322 g/mol. The van der Waals surface area contributed by atoms with Crippen LogP contribution in [0.25, 0.3) is 0 Å². The number of unbranched alkanes of at least 4 members (excludes halogenated alkanes) is 17. The maximum atomic E-state index is 2.30. The van der Waals surface area contributed by atoms with Crippen LogP contribution in [0.3, 0.4) is 0 Å². The predicted octanol–water partition coefficient (Wildman–Crippen LogP) is 8.83. The van der Waals surface area contributed by atoms with Crippen LogP contribution in [0.5, 0.6) is 0 Å². The van der Waals surface area contributed by atoms with Crippen molar-refractivity contribution >= 4 is 0 Å². The van der Waals surface area contributed by atoms with E-state index in [9.17, 15) is 0 Å². The number of rotatable bonds is 19. The first-order valence-corrected chi connectivity index (χ1v) is 11.4. The van der Waals surface area contributed by atoms with Gasteiger partial charge in [0.2, 0.25) is 0 Å². The lowest BCUT2D eigenvalue weighted by Crippen LogP contribution is -1.84. The summed E-state index contributed by atoms with van der Waals surface area (Å²) in [5, 5.41) is 0. The van der Waals surface area contributed by atoms with E-state index in [-0.39, 0.29) is 0 Å². The van der Waals surface area contributed by atoms with E-state index in [0.29, 0.717) is 0 Å². The molecule has 23 heavy (non-hydrogen) atoms. The van der Waals surface area contributed by atoms with Crippen molar-refractivity contribution in [1.29, 1.82) is 0 Å². The minimum atomic E-state index is 1.15. The average molecular weight is 323 g/mol. The quantitative estimate of drug-likeness (QED) is 0.208. The van der Waals surface area contributed by atoms with Crippen molar-refractivity contribution in [3.63, 3.8) is 0 Å². The maximum absolute atomic E-state index is 2.30. The molecule has 1 aliphatic carbocycles. The van der Waals surface area contributed by atoms with Gasteiger partial charge in [-0.25, -0.2) is 0 Å². The summed E-state index contributed by atoms with van der Waals surface area (Å²) in [4.78, 5) is 0. The Bertz CT molecular complexity index is 216.